The van der Waals surface area contributed by atoms with Crippen LogP contribution in [0.4, 0.5) is 22.0 Å². The van der Waals surface area contributed by atoms with Gasteiger partial charge in [0.15, 0.2) is 23.2 Å². The maximum absolute atomic E-state index is 14.5. The molecule has 0 amide bonds. The van der Waals surface area contributed by atoms with Crippen molar-refractivity contribution in [2.24, 2.45) is 0 Å². The number of unbranched alkanes of at least 4 members (excludes halogenated alkanes) is 1. The molecule has 3 heterocycles. The minimum absolute atomic E-state index is 0.0451. The predicted octanol–water partition coefficient (Wildman–Crippen LogP) is 6.66. The van der Waals surface area contributed by atoms with Gasteiger partial charge in [-0.05, 0) is 70.2 Å². The summed E-state index contributed by atoms with van der Waals surface area (Å²) < 4.78 is 88.1. The molecule has 0 N–H and O–H groups in total. The Morgan fingerprint density at radius 2 is 1.79 bits per heavy atom. The molecule has 2 aliphatic heterocycles. The van der Waals surface area contributed by atoms with Crippen LogP contribution in [0.25, 0.3) is 34.0 Å². The number of hydrogen-bond acceptors (Lipinski definition) is 9. The first kappa shape index (κ1) is 33.4. The average Bonchev–Trinajstić information content (AvgIpc) is 3.68. The molecule has 0 fully saturated rings. The van der Waals surface area contributed by atoms with E-state index < -0.39 is 35.4 Å². The topological polar surface area (TPSA) is 108 Å². The van der Waals surface area contributed by atoms with E-state index in [0.717, 1.165) is 29.8 Å². The van der Waals surface area contributed by atoms with Gasteiger partial charge in [-0.3, -0.25) is 0 Å². The summed E-state index contributed by atoms with van der Waals surface area (Å²) in [7, 11) is 3.83. The van der Waals surface area contributed by atoms with Crippen LogP contribution in [0.5, 0.6) is 5.75 Å². The van der Waals surface area contributed by atoms with Gasteiger partial charge in [0.1, 0.15) is 22.8 Å². The maximum atomic E-state index is 14.5. The van der Waals surface area contributed by atoms with E-state index in [4.69, 9.17) is 14.0 Å². The number of ether oxygens (including phenoxy) is 2. The fourth-order valence-corrected chi connectivity index (χ4v) is 4.75. The number of carbonyl (C=O) groups excluding carboxylic acids is 1. The molecule has 0 radical (unpaired) electrons. The van der Waals surface area contributed by atoms with E-state index >= 15 is 0 Å². The van der Waals surface area contributed by atoms with Crippen LogP contribution >= 0.6 is 0 Å². The molecule has 0 aliphatic carbocycles. The molecule has 15 heteroatoms. The molecule has 1 aromatic heterocycles. The number of rotatable bonds is 13. The van der Waals surface area contributed by atoms with Gasteiger partial charge < -0.3 is 18.9 Å². The number of imidazole rings is 1. The number of aromatic nitrogens is 5. The molecule has 10 nitrogen and oxygen atoms in total. The number of esters is 1. The van der Waals surface area contributed by atoms with Crippen LogP contribution in [0, 0.1) is 11.6 Å². The third kappa shape index (κ3) is 7.73. The van der Waals surface area contributed by atoms with Gasteiger partial charge >= 0.3 is 12.1 Å². The van der Waals surface area contributed by atoms with Gasteiger partial charge in [0.2, 0.25) is 6.04 Å². The van der Waals surface area contributed by atoms with Crippen LogP contribution in [0.3, 0.4) is 0 Å². The third-order valence-corrected chi connectivity index (χ3v) is 7.05. The van der Waals surface area contributed by atoms with E-state index in [1.165, 1.54) is 42.7 Å². The Balaban J connectivity index is 1.51. The fourth-order valence-electron chi connectivity index (χ4n) is 4.75. The lowest BCUT2D eigenvalue weighted by atomic mass is 10.0. The van der Waals surface area contributed by atoms with Crippen molar-refractivity contribution in [2.45, 2.75) is 38.4 Å². The summed E-state index contributed by atoms with van der Waals surface area (Å²) in [5, 5.41) is 8.11. The van der Waals surface area contributed by atoms with Crippen molar-refractivity contribution in [3.63, 3.8) is 0 Å². The Kier molecular flexibility index (Phi) is 10.1. The molecule has 248 valence electrons. The molecule has 0 saturated heterocycles. The summed E-state index contributed by atoms with van der Waals surface area (Å²) >= 11 is 0. The van der Waals surface area contributed by atoms with Gasteiger partial charge in [0.05, 0.1) is 36.7 Å². The van der Waals surface area contributed by atoms with Crippen molar-refractivity contribution in [1.82, 2.24) is 29.8 Å². The maximum Gasteiger partial charge on any atom is 0.417 e. The zero-order valence-corrected chi connectivity index (χ0v) is 25.7. The summed E-state index contributed by atoms with van der Waals surface area (Å²) in [4.78, 5) is 24.0. The number of halogens is 5. The zero-order valence-electron chi connectivity index (χ0n) is 25.7. The summed E-state index contributed by atoms with van der Waals surface area (Å²) in [5.41, 5.74) is -1.25. The second-order valence-corrected chi connectivity index (χ2v) is 10.9. The van der Waals surface area contributed by atoms with Crippen LogP contribution in [-0.4, -0.2) is 69.6 Å². The zero-order chi connectivity index (χ0) is 33.7. The number of alkyl halides is 3. The normalized spacial score (nSPS) is 12.5. The van der Waals surface area contributed by atoms with Crippen molar-refractivity contribution < 1.29 is 40.7 Å². The van der Waals surface area contributed by atoms with Crippen LogP contribution in [-0.2, 0) is 15.7 Å². The van der Waals surface area contributed by atoms with E-state index in [0.29, 0.717) is 12.8 Å². The van der Waals surface area contributed by atoms with Crippen LogP contribution in [0.15, 0.2) is 59.4 Å². The van der Waals surface area contributed by atoms with Gasteiger partial charge in [-0.2, -0.15) is 18.3 Å². The highest BCUT2D eigenvalue weighted by Gasteiger charge is 2.36. The molecule has 1 unspecified atom stereocenters. The van der Waals surface area contributed by atoms with Gasteiger partial charge in [-0.15, -0.1) is 0 Å². The average molecular weight is 659 g/mol. The van der Waals surface area contributed by atoms with Crippen molar-refractivity contribution in [1.29, 1.82) is 0 Å². The monoisotopic (exact) mass is 658 g/mol. The highest BCUT2D eigenvalue weighted by molar-refractivity contribution is 5.78. The first-order chi connectivity index (χ1) is 22.5. The Bertz CT molecular complexity index is 1800. The van der Waals surface area contributed by atoms with E-state index in [9.17, 15) is 26.7 Å². The minimum atomic E-state index is -4.75. The second kappa shape index (κ2) is 14.2. The Labute approximate surface area is 266 Å². The summed E-state index contributed by atoms with van der Waals surface area (Å²) in [6.07, 6.45) is -0.261. The van der Waals surface area contributed by atoms with Gasteiger partial charge in [-0.1, -0.05) is 18.1 Å². The van der Waals surface area contributed by atoms with Crippen LogP contribution in [0.1, 0.15) is 43.6 Å². The fraction of sp³-hybridized carbons (Fsp3) is 0.344. The Morgan fingerprint density at radius 3 is 2.53 bits per heavy atom. The summed E-state index contributed by atoms with van der Waals surface area (Å²) in [5.74, 6) is -3.24. The SMILES string of the molecule is CCCOc1ccc(-c2cc(C(C(=O)OCCCCN(C)C)n3cc4nc(-c5cccc(F)c5F)nc-4cn3)on2)c(C(F)(F)F)c1. The van der Waals surface area contributed by atoms with Gasteiger partial charge in [-0.25, -0.2) is 28.2 Å². The first-order valence-electron chi connectivity index (χ1n) is 14.7. The molecular weight excluding hydrogens is 627 g/mol. The molecule has 47 heavy (non-hydrogen) atoms. The first-order valence-corrected chi connectivity index (χ1v) is 14.7. The van der Waals surface area contributed by atoms with Crippen molar-refractivity contribution in [2.75, 3.05) is 33.9 Å². The standard InChI is InChI=1S/C32H31F5N6O4/c1-4-13-45-19-10-11-20(22(15-19)32(35,36)37)24-16-27(47-41-24)29(31(44)46-14-6-5-12-42(2)3)43-18-26-25(17-38-43)39-30(40-26)21-8-7-9-23(33)28(21)34/h7-11,15-18,29H,4-6,12-14H2,1-3H3. The molecule has 2 aromatic carbocycles. The van der Waals surface area contributed by atoms with Gasteiger partial charge in [0, 0.05) is 11.6 Å². The number of hydrogen-bond donors (Lipinski definition) is 0. The molecule has 1 atom stereocenters. The number of fused-ring (bicyclic) bond motifs is 1. The van der Waals surface area contributed by atoms with Gasteiger partial charge in [0.25, 0.3) is 0 Å². The Hall–Kier alpha value is -4.92. The summed E-state index contributed by atoms with van der Waals surface area (Å²) in [6, 6.07) is 6.87. The molecule has 3 aromatic rings. The predicted molar refractivity (Wildman–Crippen MR) is 159 cm³/mol. The smallest absolute Gasteiger partial charge is 0.417 e. The lowest BCUT2D eigenvalue weighted by Crippen LogP contribution is -2.25. The molecule has 0 bridgehead atoms. The highest BCUT2D eigenvalue weighted by atomic mass is 19.4. The van der Waals surface area contributed by atoms with E-state index in [-0.39, 0.29) is 58.8 Å². The van der Waals surface area contributed by atoms with Crippen molar-refractivity contribution in [3.05, 3.63) is 77.8 Å². The van der Waals surface area contributed by atoms with Crippen molar-refractivity contribution >= 4 is 5.97 Å². The third-order valence-electron chi connectivity index (χ3n) is 7.05. The lowest BCUT2D eigenvalue weighted by molar-refractivity contribution is -0.147. The van der Waals surface area contributed by atoms with E-state index in [2.05, 4.69) is 20.2 Å². The molecular formula is C32H31F5N6O4. The van der Waals surface area contributed by atoms with E-state index in [1.807, 2.05) is 25.9 Å². The molecule has 0 saturated carbocycles. The largest absolute Gasteiger partial charge is 0.494 e. The Morgan fingerprint density at radius 1 is 1.00 bits per heavy atom. The quantitative estimate of drug-likeness (QED) is 0.0780. The summed E-state index contributed by atoms with van der Waals surface area (Å²) in [6.45, 7) is 2.90. The number of benzene rings is 2. The molecule has 2 aliphatic rings. The van der Waals surface area contributed by atoms with E-state index in [1.54, 1.807) is 0 Å². The van der Waals surface area contributed by atoms with Crippen molar-refractivity contribution in [3.8, 4) is 39.8 Å². The lowest BCUT2D eigenvalue weighted by Gasteiger charge is -2.16. The molecule has 0 spiro atoms. The molecule has 5 rings (SSSR count). The highest BCUT2D eigenvalue weighted by Crippen LogP contribution is 2.40. The van der Waals surface area contributed by atoms with Crippen LogP contribution in [0.2, 0.25) is 0 Å². The number of carbonyl (C=O) groups is 1. The van der Waals surface area contributed by atoms with Crippen LogP contribution < -0.4 is 4.74 Å². The second-order valence-electron chi connectivity index (χ2n) is 10.9. The minimum Gasteiger partial charge on any atom is -0.494 e. The number of nitrogens with zero attached hydrogens (tertiary/aromatic N) is 6.